The van der Waals surface area contributed by atoms with E-state index in [-0.39, 0.29) is 4.90 Å². The number of carboxylic acids is 1. The third-order valence-electron chi connectivity index (χ3n) is 2.66. The monoisotopic (exact) mass is 301 g/mol. The van der Waals surface area contributed by atoms with Crippen LogP contribution in [0.5, 0.6) is 0 Å². The summed E-state index contributed by atoms with van der Waals surface area (Å²) in [6.07, 6.45) is 0.835. The van der Waals surface area contributed by atoms with Crippen LogP contribution in [-0.2, 0) is 21.2 Å². The van der Waals surface area contributed by atoms with Crippen LogP contribution < -0.4 is 4.72 Å². The highest BCUT2D eigenvalue weighted by Gasteiger charge is 2.24. The quantitative estimate of drug-likeness (QED) is 0.684. The second-order valence-electron chi connectivity index (χ2n) is 4.94. The number of aliphatic carboxylic acids is 1. The number of hydrogen-bond acceptors (Lipinski definition) is 4. The Morgan fingerprint density at radius 2 is 1.80 bits per heavy atom. The van der Waals surface area contributed by atoms with Crippen LogP contribution in [0.4, 0.5) is 0 Å². The molecular weight excluding hydrogens is 282 g/mol. The van der Waals surface area contributed by atoms with E-state index in [1.54, 1.807) is 12.1 Å². The highest BCUT2D eigenvalue weighted by Crippen LogP contribution is 2.14. The molecule has 1 aromatic rings. The Balaban J connectivity index is 2.90. The van der Waals surface area contributed by atoms with Crippen LogP contribution in [0, 0.1) is 5.92 Å². The van der Waals surface area contributed by atoms with E-state index in [0.29, 0.717) is 5.92 Å². The maximum Gasteiger partial charge on any atom is 0.324 e. The molecule has 0 bridgehead atoms. The predicted octanol–water partition coefficient (Wildman–Crippen LogP) is 0.609. The van der Waals surface area contributed by atoms with E-state index in [2.05, 4.69) is 13.8 Å². The van der Waals surface area contributed by atoms with Crippen molar-refractivity contribution in [2.45, 2.75) is 31.2 Å². The molecule has 112 valence electrons. The van der Waals surface area contributed by atoms with E-state index in [0.717, 1.165) is 12.0 Å². The van der Waals surface area contributed by atoms with E-state index in [1.807, 2.05) is 4.72 Å². The van der Waals surface area contributed by atoms with Gasteiger partial charge in [-0.15, -0.1) is 0 Å². The lowest BCUT2D eigenvalue weighted by Crippen LogP contribution is -2.43. The van der Waals surface area contributed by atoms with Crippen molar-refractivity contribution in [3.63, 3.8) is 0 Å². The van der Waals surface area contributed by atoms with Gasteiger partial charge in [-0.2, -0.15) is 4.72 Å². The smallest absolute Gasteiger partial charge is 0.324 e. The van der Waals surface area contributed by atoms with Gasteiger partial charge in [0.2, 0.25) is 10.0 Å². The summed E-state index contributed by atoms with van der Waals surface area (Å²) < 4.78 is 25.8. The number of benzene rings is 1. The minimum Gasteiger partial charge on any atom is -0.480 e. The third kappa shape index (κ3) is 4.59. The van der Waals surface area contributed by atoms with Gasteiger partial charge in [-0.05, 0) is 30.0 Å². The van der Waals surface area contributed by atoms with Crippen molar-refractivity contribution < 1.29 is 23.4 Å². The summed E-state index contributed by atoms with van der Waals surface area (Å²) in [5, 5.41) is 17.6. The Morgan fingerprint density at radius 1 is 1.25 bits per heavy atom. The molecule has 0 unspecified atom stereocenters. The van der Waals surface area contributed by atoms with Crippen molar-refractivity contribution in [1.29, 1.82) is 0 Å². The highest BCUT2D eigenvalue weighted by atomic mass is 32.2. The van der Waals surface area contributed by atoms with Gasteiger partial charge in [0.15, 0.2) is 0 Å². The molecule has 0 aromatic heterocycles. The van der Waals surface area contributed by atoms with E-state index in [9.17, 15) is 13.2 Å². The van der Waals surface area contributed by atoms with Gasteiger partial charge in [-0.3, -0.25) is 4.79 Å². The first-order valence-electron chi connectivity index (χ1n) is 6.21. The maximum absolute atomic E-state index is 12.0. The molecule has 20 heavy (non-hydrogen) atoms. The number of nitrogens with one attached hydrogen (secondary N) is 1. The molecule has 3 N–H and O–H groups in total. The Hall–Kier alpha value is -1.44. The first kappa shape index (κ1) is 16.6. The summed E-state index contributed by atoms with van der Waals surface area (Å²) in [5.74, 6) is -0.964. The van der Waals surface area contributed by atoms with Crippen molar-refractivity contribution in [1.82, 2.24) is 4.72 Å². The van der Waals surface area contributed by atoms with E-state index >= 15 is 0 Å². The predicted molar refractivity (Wildman–Crippen MR) is 73.8 cm³/mol. The van der Waals surface area contributed by atoms with Crippen LogP contribution >= 0.6 is 0 Å². The van der Waals surface area contributed by atoms with Crippen LogP contribution in [0.3, 0.4) is 0 Å². The Morgan fingerprint density at radius 3 is 2.20 bits per heavy atom. The number of aliphatic hydroxyl groups is 1. The molecule has 6 nitrogen and oxygen atoms in total. The van der Waals surface area contributed by atoms with Crippen molar-refractivity contribution in [2.75, 3.05) is 6.61 Å². The van der Waals surface area contributed by atoms with Gasteiger partial charge in [0, 0.05) is 0 Å². The van der Waals surface area contributed by atoms with Crippen molar-refractivity contribution in [3.8, 4) is 0 Å². The summed E-state index contributed by atoms with van der Waals surface area (Å²) in [7, 11) is -3.95. The molecule has 0 spiro atoms. The van der Waals surface area contributed by atoms with E-state index in [4.69, 9.17) is 10.2 Å². The highest BCUT2D eigenvalue weighted by molar-refractivity contribution is 7.89. The lowest BCUT2D eigenvalue weighted by molar-refractivity contribution is -0.139. The molecule has 0 fully saturated rings. The fraction of sp³-hybridized carbons (Fsp3) is 0.462. The zero-order valence-electron chi connectivity index (χ0n) is 11.4. The molecule has 7 heteroatoms. The first-order chi connectivity index (χ1) is 9.26. The largest absolute Gasteiger partial charge is 0.480 e. The number of aliphatic hydroxyl groups excluding tert-OH is 1. The lowest BCUT2D eigenvalue weighted by Gasteiger charge is -2.12. The normalized spacial score (nSPS) is 13.4. The summed E-state index contributed by atoms with van der Waals surface area (Å²) in [5.41, 5.74) is 1.01. The summed E-state index contributed by atoms with van der Waals surface area (Å²) in [4.78, 5) is 10.7. The fourth-order valence-corrected chi connectivity index (χ4v) is 2.88. The minimum atomic E-state index is -3.95. The molecule has 1 rings (SSSR count). The second kappa shape index (κ2) is 6.83. The molecule has 1 aromatic carbocycles. The van der Waals surface area contributed by atoms with Crippen LogP contribution in [0.15, 0.2) is 29.2 Å². The Bertz CT molecular complexity index is 551. The van der Waals surface area contributed by atoms with Crippen LogP contribution in [0.25, 0.3) is 0 Å². The molecule has 0 saturated heterocycles. The molecule has 0 amide bonds. The molecule has 0 saturated carbocycles. The van der Waals surface area contributed by atoms with E-state index < -0.39 is 28.6 Å². The topological polar surface area (TPSA) is 104 Å². The number of hydrogen-bond donors (Lipinski definition) is 3. The Labute approximate surface area is 118 Å². The molecular formula is C13H19NO5S. The van der Waals surface area contributed by atoms with Crippen LogP contribution in [0.1, 0.15) is 19.4 Å². The van der Waals surface area contributed by atoms with Crippen molar-refractivity contribution in [2.24, 2.45) is 5.92 Å². The zero-order valence-corrected chi connectivity index (χ0v) is 12.2. The Kier molecular flexibility index (Phi) is 5.67. The first-order valence-corrected chi connectivity index (χ1v) is 7.69. The van der Waals surface area contributed by atoms with Gasteiger partial charge in [-0.25, -0.2) is 8.42 Å². The molecule has 0 radical (unpaired) electrons. The van der Waals surface area contributed by atoms with Crippen molar-refractivity contribution in [3.05, 3.63) is 29.8 Å². The van der Waals surface area contributed by atoms with Gasteiger partial charge in [0.25, 0.3) is 0 Å². The van der Waals surface area contributed by atoms with Gasteiger partial charge in [0.05, 0.1) is 11.5 Å². The molecule has 0 heterocycles. The fourth-order valence-electron chi connectivity index (χ4n) is 1.70. The summed E-state index contributed by atoms with van der Waals surface area (Å²) >= 11 is 0. The molecule has 0 aliphatic heterocycles. The van der Waals surface area contributed by atoms with Crippen molar-refractivity contribution >= 4 is 16.0 Å². The summed E-state index contributed by atoms with van der Waals surface area (Å²) in [6.45, 7) is 3.32. The average molecular weight is 301 g/mol. The number of rotatable bonds is 7. The number of carbonyl (C=O) groups is 1. The van der Waals surface area contributed by atoms with Gasteiger partial charge in [0.1, 0.15) is 6.04 Å². The standard InChI is InChI=1S/C13H19NO5S/c1-9(2)7-10-3-5-11(6-4-10)20(18,19)14-12(8-15)13(16)17/h3-6,9,12,14-15H,7-8H2,1-2H3,(H,16,17)/t12-/m0/s1. The van der Waals surface area contributed by atoms with E-state index in [1.165, 1.54) is 12.1 Å². The van der Waals surface area contributed by atoms with Gasteiger partial charge < -0.3 is 10.2 Å². The lowest BCUT2D eigenvalue weighted by atomic mass is 10.0. The molecule has 0 aliphatic carbocycles. The number of carboxylic acid groups (broad SMARTS) is 1. The van der Waals surface area contributed by atoms with Gasteiger partial charge in [-0.1, -0.05) is 26.0 Å². The average Bonchev–Trinajstić information content (AvgIpc) is 2.35. The minimum absolute atomic E-state index is 0.0234. The maximum atomic E-state index is 12.0. The SMILES string of the molecule is CC(C)Cc1ccc(S(=O)(=O)N[C@@H](CO)C(=O)O)cc1. The second-order valence-corrected chi connectivity index (χ2v) is 6.65. The van der Waals surface area contributed by atoms with Crippen LogP contribution in [-0.4, -0.2) is 37.2 Å². The van der Waals surface area contributed by atoms with Gasteiger partial charge >= 0.3 is 5.97 Å². The zero-order chi connectivity index (χ0) is 15.3. The molecule has 1 atom stereocenters. The third-order valence-corrected chi connectivity index (χ3v) is 4.14. The number of sulfonamides is 1. The van der Waals surface area contributed by atoms with Crippen LogP contribution in [0.2, 0.25) is 0 Å². The molecule has 0 aliphatic rings. The summed E-state index contributed by atoms with van der Waals surface area (Å²) in [6, 6.07) is 4.70.